The molecule has 0 spiro atoms. The molecule has 120 valence electrons. The molecule has 0 aliphatic carbocycles. The molecule has 1 aliphatic rings. The second kappa shape index (κ2) is 7.07. The van der Waals surface area contributed by atoms with Crippen LogP contribution in [0.2, 0.25) is 5.02 Å². The molecular formula is C15H20ClN3O3. The molecule has 0 saturated carbocycles. The molecule has 1 fully saturated rings. The number of benzene rings is 1. The van der Waals surface area contributed by atoms with Crippen LogP contribution in [0.5, 0.6) is 0 Å². The lowest BCUT2D eigenvalue weighted by Crippen LogP contribution is -2.45. The minimum absolute atomic E-state index is 0.0980. The summed E-state index contributed by atoms with van der Waals surface area (Å²) in [5.41, 5.74) is 0.178. The molecule has 1 aliphatic heterocycles. The Morgan fingerprint density at radius 3 is 2.68 bits per heavy atom. The SMILES string of the molecule is CC1CCN(C(C)C(=O)Nc2cc([N+](=O)[O-])ccc2Cl)CC1. The first-order valence-corrected chi connectivity index (χ1v) is 7.75. The summed E-state index contributed by atoms with van der Waals surface area (Å²) in [7, 11) is 0. The number of halogens is 1. The Balaban J connectivity index is 2.05. The average molecular weight is 326 g/mol. The van der Waals surface area contributed by atoms with Gasteiger partial charge in [-0.2, -0.15) is 0 Å². The highest BCUT2D eigenvalue weighted by Gasteiger charge is 2.25. The summed E-state index contributed by atoms with van der Waals surface area (Å²) < 4.78 is 0. The molecule has 0 aromatic heterocycles. The second-order valence-corrected chi connectivity index (χ2v) is 6.21. The van der Waals surface area contributed by atoms with Crippen molar-refractivity contribution >= 4 is 28.9 Å². The molecule has 1 amide bonds. The number of nitro groups is 1. The number of hydrogen-bond acceptors (Lipinski definition) is 4. The van der Waals surface area contributed by atoms with Crippen molar-refractivity contribution in [2.75, 3.05) is 18.4 Å². The van der Waals surface area contributed by atoms with Crippen LogP contribution in [0.15, 0.2) is 18.2 Å². The number of piperidine rings is 1. The van der Waals surface area contributed by atoms with Gasteiger partial charge in [0, 0.05) is 12.1 Å². The van der Waals surface area contributed by atoms with Crippen molar-refractivity contribution < 1.29 is 9.72 Å². The third-order valence-electron chi connectivity index (χ3n) is 4.16. The smallest absolute Gasteiger partial charge is 0.271 e. The Hall–Kier alpha value is -1.66. The van der Waals surface area contributed by atoms with Gasteiger partial charge in [-0.1, -0.05) is 18.5 Å². The van der Waals surface area contributed by atoms with Crippen LogP contribution in [0, 0.1) is 16.0 Å². The number of carbonyl (C=O) groups excluding carboxylic acids is 1. The first kappa shape index (κ1) is 16.7. The van der Waals surface area contributed by atoms with E-state index in [0.717, 1.165) is 25.9 Å². The highest BCUT2D eigenvalue weighted by atomic mass is 35.5. The first-order valence-electron chi connectivity index (χ1n) is 7.37. The van der Waals surface area contributed by atoms with Gasteiger partial charge in [0.25, 0.3) is 5.69 Å². The number of hydrogen-bond donors (Lipinski definition) is 1. The van der Waals surface area contributed by atoms with E-state index in [1.807, 2.05) is 6.92 Å². The number of likely N-dealkylation sites (tertiary alicyclic amines) is 1. The highest BCUT2D eigenvalue weighted by Crippen LogP contribution is 2.27. The van der Waals surface area contributed by atoms with E-state index in [2.05, 4.69) is 17.1 Å². The van der Waals surface area contributed by atoms with Gasteiger partial charge in [-0.05, 0) is 44.8 Å². The van der Waals surface area contributed by atoms with Gasteiger partial charge in [0.15, 0.2) is 0 Å². The molecule has 1 saturated heterocycles. The number of amides is 1. The Labute approximate surface area is 134 Å². The molecule has 0 radical (unpaired) electrons. The highest BCUT2D eigenvalue weighted by molar-refractivity contribution is 6.33. The summed E-state index contributed by atoms with van der Waals surface area (Å²) >= 11 is 6.00. The maximum Gasteiger partial charge on any atom is 0.271 e. The number of nitro benzene ring substituents is 1. The van der Waals surface area contributed by atoms with Crippen molar-refractivity contribution in [1.29, 1.82) is 0 Å². The van der Waals surface area contributed by atoms with Crippen LogP contribution in [-0.2, 0) is 4.79 Å². The topological polar surface area (TPSA) is 75.5 Å². The number of non-ortho nitro benzene ring substituents is 1. The predicted molar refractivity (Wildman–Crippen MR) is 86.2 cm³/mol. The van der Waals surface area contributed by atoms with E-state index in [-0.39, 0.29) is 23.3 Å². The Kier molecular flexibility index (Phi) is 5.37. The molecule has 22 heavy (non-hydrogen) atoms. The Morgan fingerprint density at radius 2 is 2.09 bits per heavy atom. The molecule has 2 rings (SSSR count). The van der Waals surface area contributed by atoms with Crippen LogP contribution >= 0.6 is 11.6 Å². The van der Waals surface area contributed by atoms with Crippen molar-refractivity contribution in [2.24, 2.45) is 5.92 Å². The van der Waals surface area contributed by atoms with Gasteiger partial charge in [-0.15, -0.1) is 0 Å². The lowest BCUT2D eigenvalue weighted by atomic mass is 9.98. The molecule has 7 heteroatoms. The predicted octanol–water partition coefficient (Wildman–Crippen LogP) is 3.31. The normalized spacial score (nSPS) is 18.0. The molecule has 1 atom stereocenters. The van der Waals surface area contributed by atoms with Crippen LogP contribution in [-0.4, -0.2) is 34.9 Å². The van der Waals surface area contributed by atoms with Crippen LogP contribution in [0.4, 0.5) is 11.4 Å². The van der Waals surface area contributed by atoms with Crippen molar-refractivity contribution in [2.45, 2.75) is 32.7 Å². The van der Waals surface area contributed by atoms with Crippen molar-refractivity contribution in [3.05, 3.63) is 33.3 Å². The summed E-state index contributed by atoms with van der Waals surface area (Å²) in [6, 6.07) is 3.73. The largest absolute Gasteiger partial charge is 0.323 e. The summed E-state index contributed by atoms with van der Waals surface area (Å²) in [5.74, 6) is 0.495. The van der Waals surface area contributed by atoms with Crippen LogP contribution in [0.3, 0.4) is 0 Å². The Bertz CT molecular complexity index is 571. The number of nitrogens with zero attached hydrogens (tertiary/aromatic N) is 2. The van der Waals surface area contributed by atoms with Gasteiger partial charge in [-0.25, -0.2) is 0 Å². The fourth-order valence-corrected chi connectivity index (χ4v) is 2.71. The monoisotopic (exact) mass is 325 g/mol. The third-order valence-corrected chi connectivity index (χ3v) is 4.49. The molecular weight excluding hydrogens is 306 g/mol. The van der Waals surface area contributed by atoms with E-state index in [4.69, 9.17) is 11.6 Å². The average Bonchev–Trinajstić information content (AvgIpc) is 2.49. The standard InChI is InChI=1S/C15H20ClN3O3/c1-10-5-7-18(8-6-10)11(2)15(20)17-14-9-12(19(21)22)3-4-13(14)16/h3-4,9-11H,5-8H2,1-2H3,(H,17,20). The summed E-state index contributed by atoms with van der Waals surface area (Å²) in [6.45, 7) is 5.83. The van der Waals surface area contributed by atoms with E-state index >= 15 is 0 Å². The number of nitrogens with one attached hydrogen (secondary N) is 1. The summed E-state index contributed by atoms with van der Waals surface area (Å²) in [6.07, 6.45) is 2.16. The van der Waals surface area contributed by atoms with E-state index < -0.39 is 4.92 Å². The van der Waals surface area contributed by atoms with Gasteiger partial charge < -0.3 is 5.32 Å². The maximum atomic E-state index is 12.3. The van der Waals surface area contributed by atoms with Crippen molar-refractivity contribution in [3.8, 4) is 0 Å². The van der Waals surface area contributed by atoms with Gasteiger partial charge in [0.2, 0.25) is 5.91 Å². The van der Waals surface area contributed by atoms with E-state index in [9.17, 15) is 14.9 Å². The molecule has 1 heterocycles. The van der Waals surface area contributed by atoms with E-state index in [0.29, 0.717) is 10.9 Å². The number of carbonyl (C=O) groups is 1. The van der Waals surface area contributed by atoms with Crippen LogP contribution < -0.4 is 5.32 Å². The molecule has 1 aromatic carbocycles. The number of rotatable bonds is 4. The zero-order valence-electron chi connectivity index (χ0n) is 12.7. The van der Waals surface area contributed by atoms with Crippen LogP contribution in [0.1, 0.15) is 26.7 Å². The summed E-state index contributed by atoms with van der Waals surface area (Å²) in [4.78, 5) is 24.8. The second-order valence-electron chi connectivity index (χ2n) is 5.80. The third kappa shape index (κ3) is 3.96. The quantitative estimate of drug-likeness (QED) is 0.680. The molecule has 6 nitrogen and oxygen atoms in total. The zero-order valence-corrected chi connectivity index (χ0v) is 13.5. The number of anilines is 1. The van der Waals surface area contributed by atoms with Gasteiger partial charge in [-0.3, -0.25) is 19.8 Å². The molecule has 1 unspecified atom stereocenters. The fourth-order valence-electron chi connectivity index (χ4n) is 2.54. The molecule has 0 bridgehead atoms. The van der Waals surface area contributed by atoms with Gasteiger partial charge in [0.1, 0.15) is 0 Å². The van der Waals surface area contributed by atoms with E-state index in [1.54, 1.807) is 0 Å². The fraction of sp³-hybridized carbons (Fsp3) is 0.533. The lowest BCUT2D eigenvalue weighted by Gasteiger charge is -2.34. The summed E-state index contributed by atoms with van der Waals surface area (Å²) in [5, 5.41) is 13.8. The Morgan fingerprint density at radius 1 is 1.45 bits per heavy atom. The molecule has 1 aromatic rings. The maximum absolute atomic E-state index is 12.3. The van der Waals surface area contributed by atoms with Gasteiger partial charge >= 0.3 is 0 Å². The zero-order chi connectivity index (χ0) is 16.3. The first-order chi connectivity index (χ1) is 10.4. The van der Waals surface area contributed by atoms with Gasteiger partial charge in [0.05, 0.1) is 21.7 Å². The molecule has 1 N–H and O–H groups in total. The van der Waals surface area contributed by atoms with Crippen molar-refractivity contribution in [1.82, 2.24) is 4.90 Å². The van der Waals surface area contributed by atoms with E-state index in [1.165, 1.54) is 18.2 Å². The minimum atomic E-state index is -0.512. The van der Waals surface area contributed by atoms with Crippen LogP contribution in [0.25, 0.3) is 0 Å². The van der Waals surface area contributed by atoms with Crippen molar-refractivity contribution in [3.63, 3.8) is 0 Å². The lowest BCUT2D eigenvalue weighted by molar-refractivity contribution is -0.384. The minimum Gasteiger partial charge on any atom is -0.323 e.